The number of fused-ring (bicyclic) bond motifs is 2. The Hall–Kier alpha value is -3.28. The zero-order valence-electron chi connectivity index (χ0n) is 17.6. The van der Waals surface area contributed by atoms with Crippen molar-refractivity contribution in [2.75, 3.05) is 0 Å². The highest BCUT2D eigenvalue weighted by Gasteiger charge is 2.45. The molecular weight excluding hydrogens is 378 g/mol. The summed E-state index contributed by atoms with van der Waals surface area (Å²) < 4.78 is 1.40. The van der Waals surface area contributed by atoms with Crippen molar-refractivity contribution in [1.29, 1.82) is 0 Å². The number of carbonyl (C=O) groups is 2. The largest absolute Gasteiger partial charge is 0.319 e. The highest BCUT2D eigenvalue weighted by molar-refractivity contribution is 5.95. The highest BCUT2D eigenvalue weighted by Crippen LogP contribution is 2.36. The van der Waals surface area contributed by atoms with E-state index in [2.05, 4.69) is 0 Å². The van der Waals surface area contributed by atoms with Gasteiger partial charge in [0.1, 0.15) is 17.9 Å². The first-order valence-corrected chi connectivity index (χ1v) is 10.1. The number of aromatic nitrogens is 2. The predicted molar refractivity (Wildman–Crippen MR) is 115 cm³/mol. The van der Waals surface area contributed by atoms with E-state index in [-0.39, 0.29) is 23.8 Å². The molecule has 0 spiro atoms. The van der Waals surface area contributed by atoms with Crippen molar-refractivity contribution in [1.82, 2.24) is 14.5 Å². The topological polar surface area (TPSA) is 72.3 Å². The van der Waals surface area contributed by atoms with Gasteiger partial charge >= 0.3 is 0 Å². The van der Waals surface area contributed by atoms with Crippen LogP contribution in [0.2, 0.25) is 0 Å². The lowest BCUT2D eigenvalue weighted by Gasteiger charge is -2.41. The van der Waals surface area contributed by atoms with Crippen molar-refractivity contribution < 1.29 is 9.59 Å². The van der Waals surface area contributed by atoms with E-state index in [4.69, 9.17) is 4.98 Å². The molecule has 0 saturated heterocycles. The van der Waals surface area contributed by atoms with E-state index in [9.17, 15) is 14.4 Å². The summed E-state index contributed by atoms with van der Waals surface area (Å²) in [6, 6.07) is 14.9. The lowest BCUT2D eigenvalue weighted by Crippen LogP contribution is -2.53. The fraction of sp³-hybridized carbons (Fsp3) is 0.333. The molecule has 1 aliphatic heterocycles. The Labute approximate surface area is 175 Å². The maximum atomic E-state index is 13.5. The molecule has 6 nitrogen and oxygen atoms in total. The molecule has 0 unspecified atom stereocenters. The second kappa shape index (κ2) is 7.20. The van der Waals surface area contributed by atoms with Gasteiger partial charge in [0.2, 0.25) is 5.91 Å². The zero-order valence-corrected chi connectivity index (χ0v) is 17.6. The third-order valence-electron chi connectivity index (χ3n) is 5.60. The Balaban J connectivity index is 1.97. The average molecular weight is 403 g/mol. The van der Waals surface area contributed by atoms with Crippen LogP contribution in [-0.2, 0) is 16.1 Å². The third kappa shape index (κ3) is 3.22. The van der Waals surface area contributed by atoms with E-state index < -0.39 is 17.5 Å². The van der Waals surface area contributed by atoms with E-state index in [1.165, 1.54) is 4.57 Å². The van der Waals surface area contributed by atoms with Crippen LogP contribution in [-0.4, -0.2) is 26.1 Å². The van der Waals surface area contributed by atoms with Gasteiger partial charge in [0.05, 0.1) is 10.9 Å². The van der Waals surface area contributed by atoms with Crippen molar-refractivity contribution in [3.63, 3.8) is 0 Å². The molecule has 1 aromatic heterocycles. The normalized spacial score (nSPS) is 19.1. The Morgan fingerprint density at radius 2 is 1.63 bits per heavy atom. The number of hydrogen-bond donors (Lipinski definition) is 0. The van der Waals surface area contributed by atoms with Crippen LogP contribution in [0.15, 0.2) is 59.4 Å². The molecule has 1 aliphatic rings. The quantitative estimate of drug-likeness (QED) is 0.669. The molecule has 0 radical (unpaired) electrons. The molecule has 0 bridgehead atoms. The molecule has 3 aromatic rings. The summed E-state index contributed by atoms with van der Waals surface area (Å²) in [5.41, 5.74) is 0.444. The van der Waals surface area contributed by atoms with Gasteiger partial charge in [0.15, 0.2) is 5.78 Å². The molecule has 30 heavy (non-hydrogen) atoms. The number of Topliss-reactive ketones (excluding diaryl/α,β-unsaturated/α-hetero) is 1. The fourth-order valence-electron chi connectivity index (χ4n) is 3.97. The summed E-state index contributed by atoms with van der Waals surface area (Å²) in [7, 11) is 0. The van der Waals surface area contributed by atoms with Gasteiger partial charge in [-0.15, -0.1) is 0 Å². The lowest BCUT2D eigenvalue weighted by atomic mass is 9.84. The number of ketones is 1. The molecule has 6 heteroatoms. The minimum atomic E-state index is -0.925. The zero-order chi connectivity index (χ0) is 21.6. The summed E-state index contributed by atoms with van der Waals surface area (Å²) in [6.45, 7) is 7.44. The van der Waals surface area contributed by atoms with E-state index in [1.54, 1.807) is 30.0 Å². The highest BCUT2D eigenvalue weighted by atomic mass is 16.2. The summed E-state index contributed by atoms with van der Waals surface area (Å²) >= 11 is 0. The molecule has 2 atom stereocenters. The molecule has 0 saturated carbocycles. The smallest absolute Gasteiger partial charge is 0.262 e. The SMILES string of the molecule is C[C@H]1C(=O)N(Cc2ccccc2)[C@@H](C(=O)C(C)(C)C)c2nc3ccccc3c(=O)n21. The molecule has 0 N–H and O–H groups in total. The number of nitrogens with zero attached hydrogens (tertiary/aromatic N) is 3. The second-order valence-electron chi connectivity index (χ2n) is 8.81. The Morgan fingerprint density at radius 1 is 1.00 bits per heavy atom. The first-order chi connectivity index (χ1) is 14.2. The van der Waals surface area contributed by atoms with Crippen LogP contribution in [0.25, 0.3) is 10.9 Å². The summed E-state index contributed by atoms with van der Waals surface area (Å²) in [4.78, 5) is 46.5. The van der Waals surface area contributed by atoms with Gasteiger partial charge in [0, 0.05) is 12.0 Å². The van der Waals surface area contributed by atoms with Gasteiger partial charge in [-0.3, -0.25) is 19.0 Å². The van der Waals surface area contributed by atoms with Crippen molar-refractivity contribution in [3.8, 4) is 0 Å². The molecule has 2 heterocycles. The molecular formula is C24H25N3O3. The van der Waals surface area contributed by atoms with Gasteiger partial charge in [0.25, 0.3) is 5.56 Å². The summed E-state index contributed by atoms with van der Waals surface area (Å²) in [5, 5.41) is 0.444. The lowest BCUT2D eigenvalue weighted by molar-refractivity contribution is -0.149. The van der Waals surface area contributed by atoms with Crippen molar-refractivity contribution in [3.05, 3.63) is 76.3 Å². The first-order valence-electron chi connectivity index (χ1n) is 10.1. The van der Waals surface area contributed by atoms with Gasteiger partial charge in [-0.2, -0.15) is 0 Å². The van der Waals surface area contributed by atoms with Crippen LogP contribution in [0.1, 0.15) is 51.2 Å². The number of amides is 1. The number of benzene rings is 2. The van der Waals surface area contributed by atoms with E-state index in [1.807, 2.05) is 57.2 Å². The van der Waals surface area contributed by atoms with Gasteiger partial charge in [-0.1, -0.05) is 63.2 Å². The molecule has 0 aliphatic carbocycles. The Morgan fingerprint density at radius 3 is 2.30 bits per heavy atom. The van der Waals surface area contributed by atoms with Gasteiger partial charge in [-0.25, -0.2) is 4.98 Å². The minimum Gasteiger partial charge on any atom is -0.319 e. The third-order valence-corrected chi connectivity index (χ3v) is 5.60. The fourth-order valence-corrected chi connectivity index (χ4v) is 3.97. The van der Waals surface area contributed by atoms with Crippen molar-refractivity contribution in [2.24, 2.45) is 5.41 Å². The van der Waals surface area contributed by atoms with Gasteiger partial charge < -0.3 is 4.90 Å². The second-order valence-corrected chi connectivity index (χ2v) is 8.81. The molecule has 154 valence electrons. The molecule has 1 amide bonds. The van der Waals surface area contributed by atoms with Crippen LogP contribution in [0.3, 0.4) is 0 Å². The predicted octanol–water partition coefficient (Wildman–Crippen LogP) is 3.66. The summed E-state index contributed by atoms with van der Waals surface area (Å²) in [5.74, 6) is -0.0654. The Bertz CT molecular complexity index is 1190. The number of carbonyl (C=O) groups excluding carboxylic acids is 2. The van der Waals surface area contributed by atoms with Crippen LogP contribution in [0.5, 0.6) is 0 Å². The first kappa shape index (κ1) is 20.0. The Kier molecular flexibility index (Phi) is 4.80. The number of rotatable bonds is 3. The van der Waals surface area contributed by atoms with Crippen LogP contribution < -0.4 is 5.56 Å². The van der Waals surface area contributed by atoms with Crippen LogP contribution in [0, 0.1) is 5.41 Å². The summed E-state index contributed by atoms with van der Waals surface area (Å²) in [6.07, 6.45) is 0. The average Bonchev–Trinajstić information content (AvgIpc) is 2.72. The van der Waals surface area contributed by atoms with Gasteiger partial charge in [-0.05, 0) is 24.6 Å². The van der Waals surface area contributed by atoms with E-state index >= 15 is 0 Å². The van der Waals surface area contributed by atoms with Crippen molar-refractivity contribution >= 4 is 22.6 Å². The maximum absolute atomic E-state index is 13.5. The van der Waals surface area contributed by atoms with Crippen molar-refractivity contribution in [2.45, 2.75) is 46.3 Å². The standard InChI is InChI=1S/C24H25N3O3/c1-15-22(29)26(14-16-10-6-5-7-11-16)19(20(28)24(2,3)4)21-25-18-13-9-8-12-17(18)23(30)27(15)21/h5-13,15,19H,14H2,1-4H3/t15-,19-/m0/s1. The molecule has 2 aromatic carbocycles. The minimum absolute atomic E-state index is 0.144. The monoisotopic (exact) mass is 403 g/mol. The number of para-hydroxylation sites is 1. The molecule has 4 rings (SSSR count). The number of hydrogen-bond acceptors (Lipinski definition) is 4. The van der Waals surface area contributed by atoms with E-state index in [0.717, 1.165) is 5.56 Å². The van der Waals surface area contributed by atoms with E-state index in [0.29, 0.717) is 16.7 Å². The molecule has 0 fully saturated rings. The van der Waals surface area contributed by atoms with Crippen LogP contribution >= 0.6 is 0 Å². The van der Waals surface area contributed by atoms with Crippen LogP contribution in [0.4, 0.5) is 0 Å². The maximum Gasteiger partial charge on any atom is 0.262 e.